The number of fused-ring (bicyclic) bond motifs is 1. The summed E-state index contributed by atoms with van der Waals surface area (Å²) >= 11 is 4.76. The van der Waals surface area contributed by atoms with Crippen molar-refractivity contribution in [2.45, 2.75) is 0 Å². The molecule has 31 heavy (non-hydrogen) atoms. The quantitative estimate of drug-likeness (QED) is 0.265. The van der Waals surface area contributed by atoms with E-state index in [0.29, 0.717) is 0 Å². The molecule has 5 rings (SSSR count). The first-order valence-corrected chi connectivity index (χ1v) is 12.5. The maximum Gasteiger partial charge on any atom is 0.175 e. The van der Waals surface area contributed by atoms with Gasteiger partial charge in [0, 0.05) is 5.41 Å². The van der Waals surface area contributed by atoms with E-state index in [0.717, 1.165) is 22.2 Å². The molecular formula is C27H22N2PS+. The van der Waals surface area contributed by atoms with E-state index in [4.69, 9.17) is 17.6 Å². The Bertz CT molecular complexity index is 1200. The largest absolute Gasteiger partial charge is 0.335 e. The first kappa shape index (κ1) is 19.8. The van der Waals surface area contributed by atoms with Gasteiger partial charge >= 0.3 is 0 Å². The summed E-state index contributed by atoms with van der Waals surface area (Å²) in [5.74, 6) is 0.862. The molecule has 150 valence electrons. The summed E-state index contributed by atoms with van der Waals surface area (Å²) in [7, 11) is -2.25. The number of nitrogens with zero attached hydrogens (tertiary/aromatic N) is 1. The van der Waals surface area contributed by atoms with E-state index in [9.17, 15) is 0 Å². The van der Waals surface area contributed by atoms with Crippen LogP contribution in [0.1, 0.15) is 5.82 Å². The number of imidazole rings is 1. The Morgan fingerprint density at radius 3 is 1.55 bits per heavy atom. The zero-order chi connectivity index (χ0) is 21.1. The normalized spacial score (nSPS) is 12.2. The lowest BCUT2D eigenvalue weighted by Gasteiger charge is -2.28. The van der Waals surface area contributed by atoms with Gasteiger partial charge in [-0.2, -0.15) is 0 Å². The Balaban J connectivity index is 1.89. The van der Waals surface area contributed by atoms with Crippen LogP contribution in [0.2, 0.25) is 0 Å². The molecule has 4 aromatic carbocycles. The van der Waals surface area contributed by atoms with Gasteiger partial charge < -0.3 is 4.98 Å². The summed E-state index contributed by atoms with van der Waals surface area (Å²) < 4.78 is 0. The molecule has 0 unspecified atom stereocenters. The highest BCUT2D eigenvalue weighted by atomic mass is 32.1. The fourth-order valence-corrected chi connectivity index (χ4v) is 9.03. The van der Waals surface area contributed by atoms with Crippen molar-refractivity contribution in [2.75, 3.05) is 0 Å². The van der Waals surface area contributed by atoms with Crippen LogP contribution in [0.25, 0.3) is 16.3 Å². The maximum absolute atomic E-state index is 4.98. The number of aromatic nitrogens is 2. The van der Waals surface area contributed by atoms with Crippen LogP contribution >= 0.6 is 19.9 Å². The van der Waals surface area contributed by atoms with Crippen LogP contribution in [0.5, 0.6) is 0 Å². The molecule has 0 aliphatic heterocycles. The first-order valence-electron chi connectivity index (χ1n) is 10.2. The molecule has 0 saturated carbocycles. The van der Waals surface area contributed by atoms with Gasteiger partial charge in [-0.25, -0.2) is 4.98 Å². The summed E-state index contributed by atoms with van der Waals surface area (Å²) in [6.07, 6.45) is 0. The summed E-state index contributed by atoms with van der Waals surface area (Å²) in [5, 5.41) is 6.86. The number of hydrogen-bond donors (Lipinski definition) is 2. The van der Waals surface area contributed by atoms with Crippen LogP contribution in [-0.2, 0) is 0 Å². The van der Waals surface area contributed by atoms with E-state index in [2.05, 4.69) is 102 Å². The van der Waals surface area contributed by atoms with Gasteiger partial charge in [0.25, 0.3) is 0 Å². The van der Waals surface area contributed by atoms with Gasteiger partial charge in [0.1, 0.15) is 23.2 Å². The Morgan fingerprint density at radius 1 is 0.645 bits per heavy atom. The SMILES string of the molecule is S/C=C(/c1nc2ccccc2[nH]1)[P+](c1ccccc1)(c1ccccc1)c1ccccc1. The van der Waals surface area contributed by atoms with Crippen LogP contribution < -0.4 is 15.9 Å². The fourth-order valence-electron chi connectivity index (χ4n) is 4.20. The second-order valence-corrected chi connectivity index (χ2v) is 10.9. The molecule has 1 aromatic heterocycles. The number of rotatable bonds is 5. The molecule has 1 heterocycles. The molecule has 2 nitrogen and oxygen atoms in total. The number of benzene rings is 4. The van der Waals surface area contributed by atoms with E-state index in [1.165, 1.54) is 15.9 Å². The van der Waals surface area contributed by atoms with Crippen molar-refractivity contribution in [1.82, 2.24) is 9.97 Å². The molecule has 0 aliphatic rings. The molecule has 0 spiro atoms. The van der Waals surface area contributed by atoms with E-state index in [1.54, 1.807) is 0 Å². The summed E-state index contributed by atoms with van der Waals surface area (Å²) in [4.78, 5) is 8.54. The van der Waals surface area contributed by atoms with Crippen LogP contribution in [0.4, 0.5) is 0 Å². The highest BCUT2D eigenvalue weighted by molar-refractivity contribution is 8.04. The predicted molar refractivity (Wildman–Crippen MR) is 138 cm³/mol. The summed E-state index contributed by atoms with van der Waals surface area (Å²) in [5.41, 5.74) is 1.98. The molecule has 0 saturated heterocycles. The molecule has 0 atom stereocenters. The van der Waals surface area contributed by atoms with Crippen LogP contribution in [-0.4, -0.2) is 9.97 Å². The van der Waals surface area contributed by atoms with Gasteiger partial charge in [0.2, 0.25) is 0 Å². The van der Waals surface area contributed by atoms with Gasteiger partial charge in [-0.3, -0.25) is 0 Å². The average Bonchev–Trinajstić information content (AvgIpc) is 3.28. The third kappa shape index (κ3) is 3.40. The lowest BCUT2D eigenvalue weighted by Crippen LogP contribution is -2.32. The minimum atomic E-state index is -2.25. The lowest BCUT2D eigenvalue weighted by molar-refractivity contribution is 1.28. The number of thiol groups is 1. The first-order chi connectivity index (χ1) is 15.3. The smallest absolute Gasteiger partial charge is 0.175 e. The number of H-pyrrole nitrogens is 1. The van der Waals surface area contributed by atoms with Gasteiger partial charge in [-0.05, 0) is 48.5 Å². The van der Waals surface area contributed by atoms with E-state index in [-0.39, 0.29) is 0 Å². The molecule has 0 fully saturated rings. The molecule has 0 amide bonds. The van der Waals surface area contributed by atoms with Crippen molar-refractivity contribution in [2.24, 2.45) is 0 Å². The lowest BCUT2D eigenvalue weighted by atomic mass is 10.3. The van der Waals surface area contributed by atoms with Crippen molar-refractivity contribution in [3.63, 3.8) is 0 Å². The van der Waals surface area contributed by atoms with Gasteiger partial charge in [-0.1, -0.05) is 66.7 Å². The van der Waals surface area contributed by atoms with Crippen LogP contribution in [0.3, 0.4) is 0 Å². The minimum Gasteiger partial charge on any atom is -0.335 e. The molecular weight excluding hydrogens is 415 g/mol. The number of hydrogen-bond acceptors (Lipinski definition) is 2. The number of aromatic amines is 1. The Kier molecular flexibility index (Phi) is 5.46. The fraction of sp³-hybridized carbons (Fsp3) is 0. The highest BCUT2D eigenvalue weighted by Crippen LogP contribution is 2.66. The molecule has 5 aromatic rings. The van der Waals surface area contributed by atoms with E-state index in [1.807, 2.05) is 23.6 Å². The third-order valence-electron chi connectivity index (χ3n) is 5.55. The third-order valence-corrected chi connectivity index (χ3v) is 10.3. The molecule has 0 bridgehead atoms. The van der Waals surface area contributed by atoms with E-state index < -0.39 is 7.26 Å². The van der Waals surface area contributed by atoms with Gasteiger partial charge in [-0.15, -0.1) is 12.6 Å². The van der Waals surface area contributed by atoms with Crippen LogP contribution in [0, 0.1) is 0 Å². The Hall–Kier alpha value is -3.13. The second kappa shape index (κ2) is 8.55. The highest BCUT2D eigenvalue weighted by Gasteiger charge is 2.51. The topological polar surface area (TPSA) is 28.7 Å². The van der Waals surface area contributed by atoms with Crippen LogP contribution in [0.15, 0.2) is 121 Å². The van der Waals surface area contributed by atoms with Gasteiger partial charge in [0.05, 0.1) is 11.0 Å². The van der Waals surface area contributed by atoms with Crippen molar-refractivity contribution in [1.29, 1.82) is 0 Å². The Morgan fingerprint density at radius 2 is 1.10 bits per heavy atom. The average molecular weight is 438 g/mol. The summed E-state index contributed by atoms with van der Waals surface area (Å²) in [6.45, 7) is 0. The monoisotopic (exact) mass is 437 g/mol. The van der Waals surface area contributed by atoms with Gasteiger partial charge in [0.15, 0.2) is 11.1 Å². The molecule has 0 aliphatic carbocycles. The van der Waals surface area contributed by atoms with Crippen molar-refractivity contribution >= 4 is 52.2 Å². The van der Waals surface area contributed by atoms with Crippen molar-refractivity contribution < 1.29 is 0 Å². The second-order valence-electron chi connectivity index (χ2n) is 7.29. The number of nitrogens with one attached hydrogen (secondary N) is 1. The molecule has 0 radical (unpaired) electrons. The number of para-hydroxylation sites is 2. The Labute approximate surface area is 188 Å². The zero-order valence-electron chi connectivity index (χ0n) is 16.9. The summed E-state index contributed by atoms with van der Waals surface area (Å²) in [6, 6.07) is 40.4. The standard InChI is InChI=1S/C27H21N2PS/c31-20-26(27-28-24-18-10-11-19-25(24)29-27)30(21-12-4-1-5-13-21,22-14-6-2-7-15-22)23-16-8-3-9-17-23/h1-20H,(H-,28,29,31)/p+1. The van der Waals surface area contributed by atoms with Crippen molar-refractivity contribution in [3.05, 3.63) is 126 Å². The maximum atomic E-state index is 4.98. The predicted octanol–water partition coefficient (Wildman–Crippen LogP) is 5.79. The zero-order valence-corrected chi connectivity index (χ0v) is 18.7. The molecule has 1 N–H and O–H groups in total. The van der Waals surface area contributed by atoms with Crippen molar-refractivity contribution in [3.8, 4) is 0 Å². The molecule has 4 heteroatoms. The van der Waals surface area contributed by atoms with E-state index >= 15 is 0 Å². The minimum absolute atomic E-state index is 0.862.